The van der Waals surface area contributed by atoms with E-state index in [4.69, 9.17) is 0 Å². The van der Waals surface area contributed by atoms with E-state index in [1.165, 1.54) is 0 Å². The summed E-state index contributed by atoms with van der Waals surface area (Å²) < 4.78 is 2.09. The zero-order valence-corrected chi connectivity index (χ0v) is 13.4. The molecule has 0 aromatic carbocycles. The molecule has 0 bridgehead atoms. The summed E-state index contributed by atoms with van der Waals surface area (Å²) in [5.41, 5.74) is 1.13. The minimum absolute atomic E-state index is 0.280. The Bertz CT molecular complexity index is 605. The quantitative estimate of drug-likeness (QED) is 0.883. The van der Waals surface area contributed by atoms with E-state index in [2.05, 4.69) is 29.7 Å². The summed E-state index contributed by atoms with van der Waals surface area (Å²) in [4.78, 5) is 17.7. The highest BCUT2D eigenvalue weighted by Gasteiger charge is 2.26. The summed E-state index contributed by atoms with van der Waals surface area (Å²) >= 11 is 0. The van der Waals surface area contributed by atoms with Crippen molar-refractivity contribution in [3.63, 3.8) is 0 Å². The van der Waals surface area contributed by atoms with Crippen LogP contribution in [0.4, 0.5) is 5.95 Å². The molecule has 1 N–H and O–H groups in total. The second kappa shape index (κ2) is 6.41. The molecule has 0 saturated carbocycles. The molecule has 0 aliphatic carbocycles. The van der Waals surface area contributed by atoms with Gasteiger partial charge in [-0.05, 0) is 0 Å². The van der Waals surface area contributed by atoms with Crippen LogP contribution in [0.25, 0.3) is 0 Å². The minimum atomic E-state index is 0.280. The number of hydrogen-bond acceptors (Lipinski definition) is 6. The number of nitrogens with zero attached hydrogens (tertiary/aromatic N) is 6. The highest BCUT2D eigenvalue weighted by Crippen LogP contribution is 2.22. The molecule has 3 heterocycles. The van der Waals surface area contributed by atoms with Gasteiger partial charge >= 0.3 is 0 Å². The fourth-order valence-corrected chi connectivity index (χ4v) is 2.78. The molecule has 0 radical (unpaired) electrons. The van der Waals surface area contributed by atoms with Crippen molar-refractivity contribution in [2.75, 3.05) is 38.6 Å². The average molecular weight is 301 g/mol. The van der Waals surface area contributed by atoms with Gasteiger partial charge in [0, 0.05) is 77.7 Å². The van der Waals surface area contributed by atoms with E-state index >= 15 is 0 Å². The largest absolute Gasteiger partial charge is 0.347 e. The Morgan fingerprint density at radius 3 is 2.68 bits per heavy atom. The molecule has 7 nitrogen and oxygen atoms in total. The van der Waals surface area contributed by atoms with Crippen LogP contribution in [-0.2, 0) is 13.6 Å². The molecule has 1 aliphatic heterocycles. The average Bonchev–Trinajstić information content (AvgIpc) is 2.94. The monoisotopic (exact) mass is 301 g/mol. The van der Waals surface area contributed by atoms with Gasteiger partial charge in [0.05, 0.1) is 6.04 Å². The van der Waals surface area contributed by atoms with Crippen LogP contribution in [0.3, 0.4) is 0 Å². The predicted molar refractivity (Wildman–Crippen MR) is 85.6 cm³/mol. The van der Waals surface area contributed by atoms with Gasteiger partial charge in [-0.2, -0.15) is 0 Å². The number of aryl methyl sites for hydroxylation is 1. The molecule has 3 rings (SSSR count). The SMILES string of the molecule is CN(C)c1ncc(CN2CCNCC2c2nccn2C)cn1. The lowest BCUT2D eigenvalue weighted by atomic mass is 10.1. The Morgan fingerprint density at radius 1 is 1.27 bits per heavy atom. The van der Waals surface area contributed by atoms with Gasteiger partial charge < -0.3 is 14.8 Å². The summed E-state index contributed by atoms with van der Waals surface area (Å²) in [6.45, 7) is 3.75. The molecule has 1 unspecified atom stereocenters. The van der Waals surface area contributed by atoms with Gasteiger partial charge in [0.2, 0.25) is 5.95 Å². The van der Waals surface area contributed by atoms with Crippen LogP contribution in [0.2, 0.25) is 0 Å². The summed E-state index contributed by atoms with van der Waals surface area (Å²) in [7, 11) is 5.94. The second-order valence-corrected chi connectivity index (χ2v) is 5.87. The predicted octanol–water partition coefficient (Wildman–Crippen LogP) is 0.423. The number of piperazine rings is 1. The Kier molecular flexibility index (Phi) is 4.35. The van der Waals surface area contributed by atoms with Crippen LogP contribution in [0.15, 0.2) is 24.8 Å². The maximum atomic E-state index is 4.51. The van der Waals surface area contributed by atoms with Crippen LogP contribution >= 0.6 is 0 Å². The first-order valence-corrected chi connectivity index (χ1v) is 7.55. The van der Waals surface area contributed by atoms with E-state index in [-0.39, 0.29) is 6.04 Å². The lowest BCUT2D eigenvalue weighted by molar-refractivity contribution is 0.144. The smallest absolute Gasteiger partial charge is 0.224 e. The van der Waals surface area contributed by atoms with Crippen molar-refractivity contribution in [1.82, 2.24) is 29.7 Å². The van der Waals surface area contributed by atoms with Gasteiger partial charge in [-0.3, -0.25) is 4.90 Å². The molecule has 1 saturated heterocycles. The number of nitrogens with one attached hydrogen (secondary N) is 1. The molecule has 118 valence electrons. The summed E-state index contributed by atoms with van der Waals surface area (Å²) in [5.74, 6) is 1.84. The van der Waals surface area contributed by atoms with Crippen molar-refractivity contribution in [2.24, 2.45) is 7.05 Å². The van der Waals surface area contributed by atoms with Crippen LogP contribution in [0.1, 0.15) is 17.4 Å². The lowest BCUT2D eigenvalue weighted by Gasteiger charge is -2.35. The second-order valence-electron chi connectivity index (χ2n) is 5.87. The Morgan fingerprint density at radius 2 is 2.05 bits per heavy atom. The molecular formula is C15H23N7. The van der Waals surface area contributed by atoms with E-state index in [1.807, 2.05) is 50.8 Å². The highest BCUT2D eigenvalue weighted by molar-refractivity contribution is 5.26. The topological polar surface area (TPSA) is 62.1 Å². The molecule has 0 amide bonds. The first-order chi connectivity index (χ1) is 10.6. The maximum absolute atomic E-state index is 4.51. The van der Waals surface area contributed by atoms with Gasteiger partial charge in [0.25, 0.3) is 0 Å². The van der Waals surface area contributed by atoms with E-state index in [9.17, 15) is 0 Å². The van der Waals surface area contributed by atoms with Crippen LogP contribution in [-0.4, -0.2) is 58.1 Å². The molecule has 2 aromatic rings. The lowest BCUT2D eigenvalue weighted by Crippen LogP contribution is -2.46. The van der Waals surface area contributed by atoms with Crippen molar-refractivity contribution < 1.29 is 0 Å². The molecule has 7 heteroatoms. The van der Waals surface area contributed by atoms with Crippen molar-refractivity contribution in [1.29, 1.82) is 0 Å². The number of imidazole rings is 1. The molecule has 1 aliphatic rings. The highest BCUT2D eigenvalue weighted by atomic mass is 15.3. The van der Waals surface area contributed by atoms with Gasteiger partial charge in [-0.15, -0.1) is 0 Å². The van der Waals surface area contributed by atoms with E-state index < -0.39 is 0 Å². The Balaban J connectivity index is 1.75. The van der Waals surface area contributed by atoms with Gasteiger partial charge in [0.15, 0.2) is 0 Å². The standard InChI is InChI=1S/C15H23N7/c1-20(2)15-18-8-12(9-19-15)11-22-7-4-16-10-13(22)14-17-5-6-21(14)3/h5-6,8-9,13,16H,4,7,10-11H2,1-3H3. The maximum Gasteiger partial charge on any atom is 0.224 e. The Labute approximate surface area is 131 Å². The first kappa shape index (κ1) is 14.9. The van der Waals surface area contributed by atoms with E-state index in [0.717, 1.165) is 43.5 Å². The van der Waals surface area contributed by atoms with Gasteiger partial charge in [-0.25, -0.2) is 15.0 Å². The number of hydrogen-bond donors (Lipinski definition) is 1. The summed E-state index contributed by atoms with van der Waals surface area (Å²) in [5, 5.41) is 3.46. The molecule has 2 aromatic heterocycles. The normalized spacial score (nSPS) is 19.3. The van der Waals surface area contributed by atoms with Gasteiger partial charge in [-0.1, -0.05) is 0 Å². The fourth-order valence-electron chi connectivity index (χ4n) is 2.78. The summed E-state index contributed by atoms with van der Waals surface area (Å²) in [6, 6.07) is 0.280. The fraction of sp³-hybridized carbons (Fsp3) is 0.533. The Hall–Kier alpha value is -1.99. The number of aromatic nitrogens is 4. The third-order valence-corrected chi connectivity index (χ3v) is 3.99. The number of anilines is 1. The molecule has 1 atom stereocenters. The van der Waals surface area contributed by atoms with Crippen LogP contribution in [0, 0.1) is 0 Å². The molecule has 1 fully saturated rings. The van der Waals surface area contributed by atoms with E-state index in [1.54, 1.807) is 0 Å². The van der Waals surface area contributed by atoms with Crippen molar-refractivity contribution in [2.45, 2.75) is 12.6 Å². The third kappa shape index (κ3) is 3.10. The molecule has 22 heavy (non-hydrogen) atoms. The summed E-state index contributed by atoms with van der Waals surface area (Å²) in [6.07, 6.45) is 7.69. The van der Waals surface area contributed by atoms with Crippen molar-refractivity contribution in [3.8, 4) is 0 Å². The zero-order valence-electron chi connectivity index (χ0n) is 13.4. The van der Waals surface area contributed by atoms with Gasteiger partial charge in [0.1, 0.15) is 5.82 Å². The number of rotatable bonds is 4. The van der Waals surface area contributed by atoms with Crippen molar-refractivity contribution in [3.05, 3.63) is 36.2 Å². The zero-order chi connectivity index (χ0) is 15.5. The minimum Gasteiger partial charge on any atom is -0.347 e. The molecular weight excluding hydrogens is 278 g/mol. The van der Waals surface area contributed by atoms with Crippen LogP contribution in [0.5, 0.6) is 0 Å². The van der Waals surface area contributed by atoms with Crippen molar-refractivity contribution >= 4 is 5.95 Å². The third-order valence-electron chi connectivity index (χ3n) is 3.99. The van der Waals surface area contributed by atoms with Crippen LogP contribution < -0.4 is 10.2 Å². The van der Waals surface area contributed by atoms with E-state index in [0.29, 0.717) is 0 Å². The molecule has 0 spiro atoms. The first-order valence-electron chi connectivity index (χ1n) is 7.55.